The van der Waals surface area contributed by atoms with Crippen LogP contribution in [0.25, 0.3) is 76.8 Å². The molecular weight excluding hydrogens is 1200 g/mol. The molecule has 2 aliphatic carbocycles. The number of thiazole rings is 2. The molecule has 88 heavy (non-hydrogen) atoms. The van der Waals surface area contributed by atoms with Crippen LogP contribution in [0.3, 0.4) is 0 Å². The van der Waals surface area contributed by atoms with Gasteiger partial charge in [0.15, 0.2) is 11.3 Å². The Morgan fingerprint density at radius 1 is 0.557 bits per heavy atom. The third-order valence-electron chi connectivity index (χ3n) is 14.5. The van der Waals surface area contributed by atoms with E-state index in [0.29, 0.717) is 43.2 Å². The summed E-state index contributed by atoms with van der Waals surface area (Å²) < 4.78 is 126. The monoisotopic (exact) mass is 1250 g/mol. The molecule has 14 rings (SSSR count). The molecule has 0 amide bonds. The molecule has 2 fully saturated rings. The molecule has 2 aliphatic rings. The maximum absolute atomic E-state index is 14.3. The second kappa shape index (κ2) is 22.8. The van der Waals surface area contributed by atoms with Gasteiger partial charge in [0.2, 0.25) is 0 Å². The van der Waals surface area contributed by atoms with E-state index in [0.717, 1.165) is 43.9 Å². The van der Waals surface area contributed by atoms with Crippen LogP contribution in [0.2, 0.25) is 0 Å². The van der Waals surface area contributed by atoms with Gasteiger partial charge in [0.25, 0.3) is 33.4 Å². The molecule has 0 aliphatic heterocycles. The molecule has 20 nitrogen and oxygen atoms in total. The number of hydrogen-bond acceptors (Lipinski definition) is 18. The molecule has 2 aromatic carbocycles. The minimum atomic E-state index is -2.74. The predicted octanol–water partition coefficient (Wildman–Crippen LogP) is 11.8. The average molecular weight is 1250 g/mol. The second-order valence-corrected chi connectivity index (χ2v) is 22.4. The van der Waals surface area contributed by atoms with Gasteiger partial charge < -0.3 is 20.9 Å². The molecule has 452 valence electrons. The van der Waals surface area contributed by atoms with Crippen molar-refractivity contribution in [2.45, 2.75) is 90.5 Å². The summed E-state index contributed by atoms with van der Waals surface area (Å²) in [6.07, 6.45) is 4.78. The molecule has 30 heteroatoms. The first-order chi connectivity index (χ1) is 41.2. The number of ether oxygens (including phenoxy) is 2. The first-order valence-corrected chi connectivity index (χ1v) is 27.7. The van der Waals surface area contributed by atoms with E-state index >= 15 is 0 Å². The molecule has 0 saturated heterocycles. The number of aromatic nitrogens is 14. The van der Waals surface area contributed by atoms with E-state index < -0.39 is 70.5 Å². The van der Waals surface area contributed by atoms with E-state index in [2.05, 4.69) is 39.9 Å². The van der Waals surface area contributed by atoms with Crippen LogP contribution in [-0.2, 0) is 0 Å². The van der Waals surface area contributed by atoms with Crippen molar-refractivity contribution in [1.29, 1.82) is 0 Å². The summed E-state index contributed by atoms with van der Waals surface area (Å²) in [5.74, 6) is -7.64. The van der Waals surface area contributed by atoms with E-state index in [9.17, 15) is 44.7 Å². The van der Waals surface area contributed by atoms with Gasteiger partial charge in [-0.25, -0.2) is 84.4 Å². The highest BCUT2D eigenvalue weighted by Crippen LogP contribution is 2.45. The number of fused-ring (bicyclic) bond motifs is 4. The highest BCUT2D eigenvalue weighted by molar-refractivity contribution is 7.17. The topological polar surface area (TPSA) is 252 Å². The molecule has 0 bridgehead atoms. The summed E-state index contributed by atoms with van der Waals surface area (Å²) in [4.78, 5) is 63.4. The van der Waals surface area contributed by atoms with Crippen LogP contribution in [0, 0.1) is 23.3 Å². The van der Waals surface area contributed by atoms with Gasteiger partial charge in [0.1, 0.15) is 82.4 Å². The Kier molecular flexibility index (Phi) is 15.5. The van der Waals surface area contributed by atoms with E-state index in [1.54, 1.807) is 26.0 Å². The lowest BCUT2D eigenvalue weighted by Crippen LogP contribution is -2.43. The molecule has 10 aromatic heterocycles. The van der Waals surface area contributed by atoms with Gasteiger partial charge in [0.05, 0.1) is 67.5 Å². The lowest BCUT2D eigenvalue weighted by atomic mass is 9.91. The first kappa shape index (κ1) is 59.9. The van der Waals surface area contributed by atoms with Crippen LogP contribution < -0.4 is 32.1 Å². The summed E-state index contributed by atoms with van der Waals surface area (Å²) in [7, 11) is 0. The minimum absolute atomic E-state index is 0. The van der Waals surface area contributed by atoms with Crippen LogP contribution in [0.4, 0.5) is 46.8 Å². The molecule has 12 aromatic rings. The first-order valence-electron chi connectivity index (χ1n) is 26.1. The van der Waals surface area contributed by atoms with Crippen LogP contribution in [-0.4, -0.2) is 92.3 Å². The Labute approximate surface area is 499 Å². The van der Waals surface area contributed by atoms with Gasteiger partial charge >= 0.3 is 0 Å². The van der Waals surface area contributed by atoms with Crippen molar-refractivity contribution >= 4 is 67.7 Å². The third-order valence-corrected chi connectivity index (χ3v) is 16.3. The Morgan fingerprint density at radius 2 is 0.955 bits per heavy atom. The molecule has 0 unspecified atom stereocenters. The number of alkyl halides is 4. The highest BCUT2D eigenvalue weighted by Gasteiger charge is 2.48. The third kappa shape index (κ3) is 11.0. The van der Waals surface area contributed by atoms with Crippen molar-refractivity contribution in [3.63, 3.8) is 0 Å². The van der Waals surface area contributed by atoms with Crippen molar-refractivity contribution < 1.29 is 44.6 Å². The number of halogens is 8. The van der Waals surface area contributed by atoms with E-state index in [-0.39, 0.29) is 107 Å². The minimum Gasteiger partial charge on any atom is -0.466 e. The van der Waals surface area contributed by atoms with E-state index in [4.69, 9.17) is 31.1 Å². The van der Waals surface area contributed by atoms with Crippen molar-refractivity contribution in [3.8, 4) is 53.8 Å². The number of hydrogen-bond donors (Lipinski definition) is 2. The molecular formula is C58H48F8N16O4S2. The number of nitrogens with two attached hydrogens (primary N) is 2. The van der Waals surface area contributed by atoms with E-state index in [1.807, 2.05) is 0 Å². The van der Waals surface area contributed by atoms with Crippen molar-refractivity contribution in [3.05, 3.63) is 166 Å². The number of benzene rings is 2. The molecule has 10 heterocycles. The molecule has 2 atom stereocenters. The fraction of sp³-hybridized carbons (Fsp3) is 0.241. The molecule has 0 radical (unpaired) electrons. The standard InChI is InChI=1S/2C28H20F4N8O2S.2CH4/c2*1-13(22-20(14-3-2-4-15(29)7-14)26(41)39-11-16(30)5-6-19(39)37-22)40-25-21(24(33)35-12-36-25)23(38-40)18-10-34-27(43-18)42-17-8-28(31,32)9-17;;/h2*2-7,10-13,17H,8-9H2,1H3,(H2,33,35,36);2*1H4/t2*13-;;/m10../s1. The zero-order valence-corrected chi connectivity index (χ0v) is 46.1. The summed E-state index contributed by atoms with van der Waals surface area (Å²) in [5.41, 5.74) is 14.1. The quantitative estimate of drug-likeness (QED) is 0.108. The number of nitrogen functional groups attached to an aromatic ring is 2. The van der Waals surface area contributed by atoms with Crippen LogP contribution >= 0.6 is 22.7 Å². The number of anilines is 2. The Hall–Kier alpha value is -9.84. The fourth-order valence-electron chi connectivity index (χ4n) is 10.3. The summed E-state index contributed by atoms with van der Waals surface area (Å²) in [5, 5.41) is 10.7. The van der Waals surface area contributed by atoms with Gasteiger partial charge in [-0.15, -0.1) is 0 Å². The predicted molar refractivity (Wildman–Crippen MR) is 314 cm³/mol. The van der Waals surface area contributed by atoms with Gasteiger partial charge in [-0.2, -0.15) is 10.2 Å². The summed E-state index contributed by atoms with van der Waals surface area (Å²) >= 11 is 2.21. The molecule has 0 spiro atoms. The van der Waals surface area contributed by atoms with Crippen LogP contribution in [0.5, 0.6) is 10.4 Å². The van der Waals surface area contributed by atoms with Gasteiger partial charge in [-0.1, -0.05) is 61.8 Å². The second-order valence-electron chi connectivity index (χ2n) is 20.4. The van der Waals surface area contributed by atoms with Gasteiger partial charge in [0, 0.05) is 38.1 Å². The van der Waals surface area contributed by atoms with Crippen molar-refractivity contribution in [2.75, 3.05) is 11.5 Å². The smallest absolute Gasteiger partial charge is 0.274 e. The van der Waals surface area contributed by atoms with Crippen molar-refractivity contribution in [1.82, 2.24) is 68.2 Å². The average Bonchev–Trinajstić information content (AvgIpc) is 1.54. The summed E-state index contributed by atoms with van der Waals surface area (Å²) in [6.45, 7) is 3.47. The normalized spacial score (nSPS) is 15.2. The van der Waals surface area contributed by atoms with Gasteiger partial charge in [-0.3, -0.25) is 18.4 Å². The maximum atomic E-state index is 14.3. The zero-order valence-electron chi connectivity index (χ0n) is 44.4. The van der Waals surface area contributed by atoms with Crippen molar-refractivity contribution in [2.24, 2.45) is 0 Å². The van der Waals surface area contributed by atoms with Gasteiger partial charge in [-0.05, 0) is 73.5 Å². The Balaban J connectivity index is 0.000000178. The molecule has 4 N–H and O–H groups in total. The number of nitrogens with zero attached hydrogens (tertiary/aromatic N) is 14. The van der Waals surface area contributed by atoms with E-state index in [1.165, 1.54) is 95.1 Å². The number of pyridine rings is 2. The SMILES string of the molecule is C.C.C[C@@H](c1nc2ccc(F)cn2c(=O)c1-c1cccc(F)c1)n1nc(-c2cnc(OC3CC(F)(F)C3)s2)c2c(N)ncnc21.C[C@H](c1nc2ccc(F)cn2c(=O)c1-c1cccc(F)c1)n1nc(-c2cnc(OC3CC(F)(F)C3)s2)c2c(N)ncnc21. The Bertz CT molecular complexity index is 4510. The Morgan fingerprint density at radius 3 is 1.33 bits per heavy atom. The lowest BCUT2D eigenvalue weighted by Gasteiger charge is -2.33. The zero-order chi connectivity index (χ0) is 60.1. The molecule has 2 saturated carbocycles. The lowest BCUT2D eigenvalue weighted by molar-refractivity contribution is -0.135. The fourth-order valence-corrected chi connectivity index (χ4v) is 12.0. The van der Waals surface area contributed by atoms with Crippen LogP contribution in [0.1, 0.15) is 77.9 Å². The largest absolute Gasteiger partial charge is 0.466 e. The highest BCUT2D eigenvalue weighted by atomic mass is 32.1. The number of rotatable bonds is 12. The maximum Gasteiger partial charge on any atom is 0.274 e. The summed E-state index contributed by atoms with van der Waals surface area (Å²) in [6, 6.07) is 14.5. The van der Waals surface area contributed by atoms with Crippen LogP contribution in [0.15, 0.2) is 120 Å².